The zero-order valence-electron chi connectivity index (χ0n) is 33.8. The van der Waals surface area contributed by atoms with Crippen molar-refractivity contribution in [3.8, 4) is 0 Å². The molecule has 5 amide bonds. The fourth-order valence-electron chi connectivity index (χ4n) is 6.65. The zero-order valence-corrected chi connectivity index (χ0v) is 33.8. The van der Waals surface area contributed by atoms with E-state index in [4.69, 9.17) is 0 Å². The fourth-order valence-corrected chi connectivity index (χ4v) is 6.65. The van der Waals surface area contributed by atoms with E-state index in [9.17, 15) is 24.3 Å². The first kappa shape index (κ1) is 43.1. The highest BCUT2D eigenvalue weighted by Crippen LogP contribution is 2.15. The monoisotopic (exact) mass is 788 g/mol. The summed E-state index contributed by atoms with van der Waals surface area (Å²) in [4.78, 5) is 64.7. The summed E-state index contributed by atoms with van der Waals surface area (Å²) in [5.41, 5.74) is 4.22. The van der Waals surface area contributed by atoms with Crippen molar-refractivity contribution in [2.45, 2.75) is 84.0 Å². The van der Waals surface area contributed by atoms with Crippen LogP contribution in [0.1, 0.15) is 50.2 Å². The lowest BCUT2D eigenvalue weighted by Gasteiger charge is -2.34. The largest absolute Gasteiger partial charge is 0.389 e. The lowest BCUT2D eigenvalue weighted by Crippen LogP contribution is -2.63. The van der Waals surface area contributed by atoms with Crippen molar-refractivity contribution in [3.63, 3.8) is 0 Å². The van der Waals surface area contributed by atoms with Crippen molar-refractivity contribution in [2.24, 2.45) is 11.8 Å². The summed E-state index contributed by atoms with van der Waals surface area (Å²) in [6.07, 6.45) is -1.31. The van der Waals surface area contributed by atoms with Gasteiger partial charge in [0.1, 0.15) is 23.9 Å². The Hall–Kier alpha value is -6.05. The van der Waals surface area contributed by atoms with Crippen LogP contribution in [0.4, 0.5) is 4.79 Å². The number of aromatic amines is 1. The van der Waals surface area contributed by atoms with Gasteiger partial charge in [0.15, 0.2) is 0 Å². The number of rotatable bonds is 19. The van der Waals surface area contributed by atoms with Crippen LogP contribution in [0.3, 0.4) is 0 Å². The van der Waals surface area contributed by atoms with E-state index in [2.05, 4.69) is 36.6 Å². The van der Waals surface area contributed by atoms with E-state index in [1.165, 1.54) is 4.90 Å². The molecule has 0 saturated heterocycles. The van der Waals surface area contributed by atoms with Gasteiger partial charge in [-0.2, -0.15) is 0 Å². The molecule has 5 aromatic rings. The van der Waals surface area contributed by atoms with Crippen molar-refractivity contribution in [3.05, 3.63) is 138 Å². The van der Waals surface area contributed by atoms with Gasteiger partial charge in [-0.3, -0.25) is 19.7 Å². The maximum absolute atomic E-state index is 14.3. The van der Waals surface area contributed by atoms with E-state index in [0.29, 0.717) is 5.82 Å². The van der Waals surface area contributed by atoms with Crippen LogP contribution in [0.5, 0.6) is 0 Å². The molecule has 1 heterocycles. The van der Waals surface area contributed by atoms with Gasteiger partial charge in [-0.05, 0) is 47.1 Å². The van der Waals surface area contributed by atoms with Gasteiger partial charge in [0.2, 0.25) is 17.7 Å². The Morgan fingerprint density at radius 2 is 1.16 bits per heavy atom. The summed E-state index contributed by atoms with van der Waals surface area (Å²) in [5, 5.41) is 27.1. The summed E-state index contributed by atoms with van der Waals surface area (Å²) in [5.74, 6) is -1.52. The Labute approximate surface area is 340 Å². The molecule has 306 valence electrons. The number of nitrogens with one attached hydrogen (secondary N) is 6. The summed E-state index contributed by atoms with van der Waals surface area (Å²) in [6, 6.07) is 31.2. The van der Waals surface area contributed by atoms with Gasteiger partial charge in [-0.15, -0.1) is 0 Å². The van der Waals surface area contributed by atoms with Crippen LogP contribution >= 0.6 is 0 Å². The van der Waals surface area contributed by atoms with Crippen LogP contribution in [-0.2, 0) is 40.4 Å². The molecule has 0 spiro atoms. The second-order valence-electron chi connectivity index (χ2n) is 15.3. The van der Waals surface area contributed by atoms with Crippen LogP contribution in [0.15, 0.2) is 115 Å². The third kappa shape index (κ3) is 12.2. The summed E-state index contributed by atoms with van der Waals surface area (Å²) < 4.78 is 0. The number of para-hydroxylation sites is 2. The quantitative estimate of drug-likeness (QED) is 0.0647. The number of amides is 5. The topological polar surface area (TPSA) is 181 Å². The lowest BCUT2D eigenvalue weighted by molar-refractivity contribution is -0.134. The number of benzene rings is 4. The Balaban J connectivity index is 1.36. The first-order chi connectivity index (χ1) is 27.9. The lowest BCUT2D eigenvalue weighted by atomic mass is 9.93. The van der Waals surface area contributed by atoms with E-state index >= 15 is 0 Å². The van der Waals surface area contributed by atoms with Gasteiger partial charge >= 0.3 is 6.03 Å². The minimum Gasteiger partial charge on any atom is -0.389 e. The van der Waals surface area contributed by atoms with Crippen LogP contribution in [-0.4, -0.2) is 81.0 Å². The van der Waals surface area contributed by atoms with Gasteiger partial charge in [0.25, 0.3) is 0 Å². The number of aromatic nitrogens is 2. The highest BCUT2D eigenvalue weighted by atomic mass is 16.3. The van der Waals surface area contributed by atoms with Crippen LogP contribution < -0.4 is 26.6 Å². The van der Waals surface area contributed by atoms with E-state index < -0.39 is 48.1 Å². The second kappa shape index (κ2) is 20.9. The molecule has 13 heteroatoms. The number of H-pyrrole nitrogens is 1. The second-order valence-corrected chi connectivity index (χ2v) is 15.3. The van der Waals surface area contributed by atoms with Gasteiger partial charge in [0, 0.05) is 20.1 Å². The molecule has 5 rings (SSSR count). The van der Waals surface area contributed by atoms with Gasteiger partial charge in [0.05, 0.1) is 29.7 Å². The normalized spacial score (nSPS) is 13.9. The first-order valence-electron chi connectivity index (χ1n) is 19.8. The number of imidazole rings is 1. The fraction of sp³-hybridized carbons (Fsp3) is 0.356. The molecule has 0 aliphatic heterocycles. The Bertz CT molecular complexity index is 2040. The third-order valence-electron chi connectivity index (χ3n) is 9.99. The molecule has 4 aromatic carbocycles. The molecule has 0 fully saturated rings. The molecular formula is C45H56N8O5. The minimum atomic E-state index is -1.48. The summed E-state index contributed by atoms with van der Waals surface area (Å²) in [7, 11) is 1.62. The van der Waals surface area contributed by atoms with E-state index in [0.717, 1.165) is 27.7 Å². The number of hydrogen-bond donors (Lipinski definition) is 7. The van der Waals surface area contributed by atoms with Crippen molar-refractivity contribution in [2.75, 3.05) is 7.05 Å². The molecule has 1 aromatic heterocycles. The molecule has 0 aliphatic carbocycles. The Morgan fingerprint density at radius 3 is 1.74 bits per heavy atom. The number of hydrogen-bond acceptors (Lipinski definition) is 7. The average Bonchev–Trinajstić information content (AvgIpc) is 3.64. The third-order valence-corrected chi connectivity index (χ3v) is 9.99. The Kier molecular flexibility index (Phi) is 15.5. The van der Waals surface area contributed by atoms with E-state index in [1.54, 1.807) is 7.05 Å². The van der Waals surface area contributed by atoms with Crippen molar-refractivity contribution in [1.82, 2.24) is 41.5 Å². The number of aliphatic hydroxyl groups excluding tert-OH is 1. The molecule has 13 nitrogen and oxygen atoms in total. The van der Waals surface area contributed by atoms with Crippen LogP contribution in [0, 0.1) is 11.8 Å². The SMILES string of the molecule is CC(C)C(NC(=O)[C@H](NCc1ccccc1)[C@H](O)[C@H](Cc1ccccc1)NC(=O)[C@@H](NC(=O)N(C)Cc1nc2ccccc2[nH]1)C(C)C)C(=O)NCc1ccccc1. The highest BCUT2D eigenvalue weighted by Gasteiger charge is 2.38. The molecule has 0 saturated carbocycles. The van der Waals surface area contributed by atoms with E-state index in [-0.39, 0.29) is 43.8 Å². The zero-order chi connectivity index (χ0) is 41.6. The predicted octanol–water partition coefficient (Wildman–Crippen LogP) is 4.43. The van der Waals surface area contributed by atoms with Crippen LogP contribution in [0.2, 0.25) is 0 Å². The van der Waals surface area contributed by atoms with Crippen molar-refractivity contribution < 1.29 is 24.3 Å². The summed E-state index contributed by atoms with van der Waals surface area (Å²) in [6.45, 7) is 7.99. The Morgan fingerprint density at radius 1 is 0.638 bits per heavy atom. The maximum atomic E-state index is 14.3. The summed E-state index contributed by atoms with van der Waals surface area (Å²) >= 11 is 0. The molecule has 0 aliphatic rings. The van der Waals surface area contributed by atoms with Gasteiger partial charge < -0.3 is 36.3 Å². The predicted molar refractivity (Wildman–Crippen MR) is 225 cm³/mol. The number of urea groups is 1. The minimum absolute atomic E-state index is 0.167. The number of aliphatic hydroxyl groups is 1. The number of fused-ring (bicyclic) bond motifs is 1. The standard InChI is InChI=1S/C45H56N8O5/c1-29(2)38(42(55)47-27-33-21-13-8-14-22-33)51-44(57)40(46-26-32-19-11-7-12-20-32)41(54)36(25-31-17-9-6-10-18-31)50-43(56)39(30(3)4)52-45(58)53(5)28-37-48-34-23-15-16-24-35(34)49-37/h6-24,29-30,36,38-41,46,54H,25-28H2,1-5H3,(H,47,55)(H,48,49)(H,50,56)(H,51,57)(H,52,58)/t36-,38?,39-,40+,41+/m0/s1. The highest BCUT2D eigenvalue weighted by molar-refractivity contribution is 5.91. The number of carbonyl (C=O) groups excluding carboxylic acids is 4. The van der Waals surface area contributed by atoms with E-state index in [1.807, 2.05) is 143 Å². The maximum Gasteiger partial charge on any atom is 0.318 e. The molecule has 1 unspecified atom stereocenters. The average molecular weight is 789 g/mol. The van der Waals surface area contributed by atoms with Crippen LogP contribution in [0.25, 0.3) is 11.0 Å². The molecule has 0 bridgehead atoms. The smallest absolute Gasteiger partial charge is 0.318 e. The van der Waals surface area contributed by atoms with Gasteiger partial charge in [-0.1, -0.05) is 131 Å². The molecule has 5 atom stereocenters. The molecule has 0 radical (unpaired) electrons. The van der Waals surface area contributed by atoms with Crippen molar-refractivity contribution in [1.29, 1.82) is 0 Å². The van der Waals surface area contributed by atoms with Gasteiger partial charge in [-0.25, -0.2) is 9.78 Å². The first-order valence-corrected chi connectivity index (χ1v) is 19.8. The molecule has 7 N–H and O–H groups in total. The number of carbonyl (C=O) groups is 4. The molecule has 58 heavy (non-hydrogen) atoms. The molecular weight excluding hydrogens is 733 g/mol. The van der Waals surface area contributed by atoms with Crippen molar-refractivity contribution >= 4 is 34.8 Å². The number of nitrogens with zero attached hydrogens (tertiary/aromatic N) is 2.